The lowest BCUT2D eigenvalue weighted by Crippen LogP contribution is -2.45. The zero-order valence-electron chi connectivity index (χ0n) is 18.0. The third kappa shape index (κ3) is 6.14. The molecule has 0 aromatic heterocycles. The first kappa shape index (κ1) is 22.9. The normalized spacial score (nSPS) is 19.8. The van der Waals surface area contributed by atoms with Gasteiger partial charge in [-0.2, -0.15) is 0 Å². The van der Waals surface area contributed by atoms with Crippen LogP contribution < -0.4 is 10.6 Å². The number of halogens is 2. The maximum atomic E-state index is 14.5. The first-order valence-corrected chi connectivity index (χ1v) is 11.2. The average Bonchev–Trinajstić information content (AvgIpc) is 3.23. The number of nitrogens with zero attached hydrogens (tertiary/aromatic N) is 1. The molecular weight excluding hydrogens is 388 g/mol. The number of aliphatic imine (C=N–C) groups is 1. The molecule has 0 bridgehead atoms. The fourth-order valence-corrected chi connectivity index (χ4v) is 4.59. The molecule has 0 atom stereocenters. The lowest BCUT2D eigenvalue weighted by Gasteiger charge is -2.31. The van der Waals surface area contributed by atoms with Gasteiger partial charge < -0.3 is 20.1 Å². The summed E-state index contributed by atoms with van der Waals surface area (Å²) < 4.78 is 40.1. The third-order valence-corrected chi connectivity index (χ3v) is 6.32. The number of hydrogen-bond acceptors (Lipinski definition) is 3. The highest BCUT2D eigenvalue weighted by molar-refractivity contribution is 5.79. The second kappa shape index (κ2) is 11.6. The molecule has 2 N–H and O–H groups in total. The second-order valence-electron chi connectivity index (χ2n) is 8.42. The van der Waals surface area contributed by atoms with E-state index in [2.05, 4.69) is 15.6 Å². The van der Waals surface area contributed by atoms with Crippen LogP contribution in [0.25, 0.3) is 0 Å². The molecule has 2 aliphatic rings. The maximum absolute atomic E-state index is 14.5. The van der Waals surface area contributed by atoms with Crippen LogP contribution in [-0.2, 0) is 14.9 Å². The molecule has 30 heavy (non-hydrogen) atoms. The number of ether oxygens (including phenoxy) is 2. The van der Waals surface area contributed by atoms with E-state index in [-0.39, 0.29) is 5.56 Å². The van der Waals surface area contributed by atoms with E-state index in [1.807, 2.05) is 0 Å². The van der Waals surface area contributed by atoms with Crippen molar-refractivity contribution < 1.29 is 18.3 Å². The molecule has 5 nitrogen and oxygen atoms in total. The fourth-order valence-electron chi connectivity index (χ4n) is 4.59. The van der Waals surface area contributed by atoms with Gasteiger partial charge in [0.1, 0.15) is 11.6 Å². The van der Waals surface area contributed by atoms with E-state index < -0.39 is 17.0 Å². The molecule has 1 aliphatic carbocycles. The largest absolute Gasteiger partial charge is 0.381 e. The molecule has 0 spiro atoms. The third-order valence-electron chi connectivity index (χ3n) is 6.32. The molecule has 0 amide bonds. The molecule has 1 heterocycles. The number of guanidine groups is 1. The Labute approximate surface area is 178 Å². The Morgan fingerprint density at radius 2 is 1.87 bits per heavy atom. The van der Waals surface area contributed by atoms with Crippen molar-refractivity contribution in [3.63, 3.8) is 0 Å². The molecule has 1 aromatic carbocycles. The smallest absolute Gasteiger partial charge is 0.191 e. The highest BCUT2D eigenvalue weighted by Crippen LogP contribution is 2.42. The standard InChI is InChI=1S/C23H35F2N3O2/c1-26-22(27-12-5-13-30-16-18-8-14-29-15-9-18)28-17-23(10-2-3-11-23)21-19(24)6-4-7-20(21)25/h4,6-7,18H,2-3,5,8-17H2,1H3,(H2,26,27,28). The highest BCUT2D eigenvalue weighted by atomic mass is 19.1. The summed E-state index contributed by atoms with van der Waals surface area (Å²) in [7, 11) is 1.71. The van der Waals surface area contributed by atoms with E-state index in [0.29, 0.717) is 25.0 Å². The maximum Gasteiger partial charge on any atom is 0.191 e. The molecule has 1 aliphatic heterocycles. The Morgan fingerprint density at radius 1 is 1.17 bits per heavy atom. The van der Waals surface area contributed by atoms with Crippen molar-refractivity contribution in [3.05, 3.63) is 35.4 Å². The van der Waals surface area contributed by atoms with Crippen molar-refractivity contribution >= 4 is 5.96 Å². The molecule has 1 aromatic rings. The van der Waals surface area contributed by atoms with Crippen molar-refractivity contribution in [2.24, 2.45) is 10.9 Å². The predicted molar refractivity (Wildman–Crippen MR) is 115 cm³/mol. The van der Waals surface area contributed by atoms with E-state index in [1.165, 1.54) is 18.2 Å². The minimum atomic E-state index is -0.528. The summed E-state index contributed by atoms with van der Waals surface area (Å²) in [5.74, 6) is 0.358. The molecule has 168 valence electrons. The molecule has 3 rings (SSSR count). The van der Waals surface area contributed by atoms with Gasteiger partial charge in [-0.15, -0.1) is 0 Å². The minimum Gasteiger partial charge on any atom is -0.381 e. The quantitative estimate of drug-likeness (QED) is 0.361. The fraction of sp³-hybridized carbons (Fsp3) is 0.696. The van der Waals surface area contributed by atoms with Gasteiger partial charge in [-0.25, -0.2) is 8.78 Å². The van der Waals surface area contributed by atoms with E-state index in [4.69, 9.17) is 9.47 Å². The number of rotatable bonds is 9. The van der Waals surface area contributed by atoms with Crippen molar-refractivity contribution in [2.75, 3.05) is 46.6 Å². The molecule has 1 saturated carbocycles. The van der Waals surface area contributed by atoms with Crippen molar-refractivity contribution in [1.82, 2.24) is 10.6 Å². The summed E-state index contributed by atoms with van der Waals surface area (Å²) in [4.78, 5) is 4.26. The van der Waals surface area contributed by atoms with Crippen molar-refractivity contribution in [2.45, 2.75) is 50.4 Å². The first-order chi connectivity index (χ1) is 14.6. The van der Waals surface area contributed by atoms with Crippen LogP contribution in [0.2, 0.25) is 0 Å². The number of hydrogen-bond donors (Lipinski definition) is 2. The number of nitrogens with one attached hydrogen (secondary N) is 2. The summed E-state index contributed by atoms with van der Waals surface area (Å²) in [6.45, 7) is 4.38. The SMILES string of the molecule is CN=C(NCCCOCC1CCOCC1)NCC1(c2c(F)cccc2F)CCCC1. The van der Waals surface area contributed by atoms with Crippen molar-refractivity contribution in [1.29, 1.82) is 0 Å². The van der Waals surface area contributed by atoms with Crippen LogP contribution in [0.1, 0.15) is 50.5 Å². The van der Waals surface area contributed by atoms with Gasteiger partial charge in [0.05, 0.1) is 0 Å². The highest BCUT2D eigenvalue weighted by Gasteiger charge is 2.39. The Morgan fingerprint density at radius 3 is 2.53 bits per heavy atom. The van der Waals surface area contributed by atoms with Crippen LogP contribution in [0.5, 0.6) is 0 Å². The van der Waals surface area contributed by atoms with Gasteiger partial charge in [0.25, 0.3) is 0 Å². The van der Waals surface area contributed by atoms with Gasteiger partial charge in [0.2, 0.25) is 0 Å². The molecule has 0 unspecified atom stereocenters. The van der Waals surface area contributed by atoms with Crippen LogP contribution >= 0.6 is 0 Å². The van der Waals surface area contributed by atoms with Gasteiger partial charge in [-0.05, 0) is 50.2 Å². The zero-order chi connectivity index (χ0) is 21.2. The van der Waals surface area contributed by atoms with Crippen LogP contribution in [-0.4, -0.2) is 52.5 Å². The molecule has 1 saturated heterocycles. The van der Waals surface area contributed by atoms with E-state index >= 15 is 0 Å². The Kier molecular flexibility index (Phi) is 8.88. The lowest BCUT2D eigenvalue weighted by molar-refractivity contribution is 0.0203. The minimum absolute atomic E-state index is 0.215. The van der Waals surface area contributed by atoms with Gasteiger partial charge in [0.15, 0.2) is 5.96 Å². The van der Waals surface area contributed by atoms with Gasteiger partial charge in [-0.3, -0.25) is 4.99 Å². The van der Waals surface area contributed by atoms with Gasteiger partial charge >= 0.3 is 0 Å². The summed E-state index contributed by atoms with van der Waals surface area (Å²) in [5.41, 5.74) is -0.313. The molecule has 0 radical (unpaired) electrons. The van der Waals surface area contributed by atoms with Gasteiger partial charge in [0, 0.05) is 57.5 Å². The second-order valence-corrected chi connectivity index (χ2v) is 8.42. The lowest BCUT2D eigenvalue weighted by atomic mass is 9.78. The van der Waals surface area contributed by atoms with Crippen LogP contribution in [0.4, 0.5) is 8.78 Å². The molecular formula is C23H35F2N3O2. The monoisotopic (exact) mass is 423 g/mol. The summed E-state index contributed by atoms with van der Waals surface area (Å²) in [6.07, 6.45) is 6.54. The zero-order valence-corrected chi connectivity index (χ0v) is 18.0. The Hall–Kier alpha value is -1.73. The average molecular weight is 424 g/mol. The van der Waals surface area contributed by atoms with E-state index in [1.54, 1.807) is 7.05 Å². The topological polar surface area (TPSA) is 54.9 Å². The molecule has 7 heteroatoms. The summed E-state index contributed by atoms with van der Waals surface area (Å²) >= 11 is 0. The number of benzene rings is 1. The Bertz CT molecular complexity index is 667. The molecule has 2 fully saturated rings. The van der Waals surface area contributed by atoms with E-state index in [9.17, 15) is 8.78 Å². The summed E-state index contributed by atoms with van der Waals surface area (Å²) in [6, 6.07) is 4.13. The predicted octanol–water partition coefficient (Wildman–Crippen LogP) is 3.77. The van der Waals surface area contributed by atoms with Crippen molar-refractivity contribution in [3.8, 4) is 0 Å². The van der Waals surface area contributed by atoms with Crippen LogP contribution in [0.3, 0.4) is 0 Å². The Balaban J connectivity index is 1.42. The van der Waals surface area contributed by atoms with Crippen LogP contribution in [0.15, 0.2) is 23.2 Å². The summed E-state index contributed by atoms with van der Waals surface area (Å²) in [5, 5.41) is 6.58. The first-order valence-electron chi connectivity index (χ1n) is 11.2. The van der Waals surface area contributed by atoms with Gasteiger partial charge in [-0.1, -0.05) is 18.9 Å². The van der Waals surface area contributed by atoms with Crippen LogP contribution in [0, 0.1) is 17.6 Å². The van der Waals surface area contributed by atoms with E-state index in [0.717, 1.165) is 71.3 Å².